The van der Waals surface area contributed by atoms with Crippen molar-refractivity contribution in [3.8, 4) is 22.3 Å². The predicted molar refractivity (Wildman–Crippen MR) is 177 cm³/mol. The predicted octanol–water partition coefficient (Wildman–Crippen LogP) is 11.7. The molecule has 42 heavy (non-hydrogen) atoms. The summed E-state index contributed by atoms with van der Waals surface area (Å²) in [6.07, 6.45) is 10.8. The van der Waals surface area contributed by atoms with Crippen molar-refractivity contribution in [3.63, 3.8) is 0 Å². The number of rotatable bonds is 2. The van der Waals surface area contributed by atoms with E-state index in [4.69, 9.17) is 0 Å². The monoisotopic (exact) mass is 714 g/mol. The summed E-state index contributed by atoms with van der Waals surface area (Å²) >= 11 is -3.04. The molecule has 0 bridgehead atoms. The Morgan fingerprint density at radius 3 is 1.38 bits per heavy atom. The summed E-state index contributed by atoms with van der Waals surface area (Å²) in [4.78, 5) is 0. The van der Waals surface area contributed by atoms with Crippen molar-refractivity contribution in [1.82, 2.24) is 0 Å². The minimum absolute atomic E-state index is 0.225. The Hall–Kier alpha value is -2.77. The summed E-state index contributed by atoms with van der Waals surface area (Å²) in [7, 11) is 0. The zero-order valence-corrected chi connectivity index (χ0v) is 29.7. The van der Waals surface area contributed by atoms with Crippen LogP contribution in [0, 0.1) is 33.1 Å². The van der Waals surface area contributed by atoms with Gasteiger partial charge in [-0.15, -0.1) is 0 Å². The third-order valence-corrected chi connectivity index (χ3v) is 26.4. The van der Waals surface area contributed by atoms with Crippen molar-refractivity contribution >= 4 is 12.2 Å². The maximum atomic E-state index is 2.79. The van der Waals surface area contributed by atoms with Crippen LogP contribution >= 0.6 is 0 Å². The molecule has 0 nitrogen and oxygen atoms in total. The molecule has 2 unspecified atom stereocenters. The van der Waals surface area contributed by atoms with E-state index in [0.29, 0.717) is 7.35 Å². The molecule has 0 N–H and O–H groups in total. The molecule has 4 aliphatic rings. The zero-order valence-electron chi connectivity index (χ0n) is 26.1. The van der Waals surface area contributed by atoms with E-state index in [1.165, 1.54) is 81.3 Å². The van der Waals surface area contributed by atoms with E-state index in [2.05, 4.69) is 122 Å². The molecular weight excluding hydrogens is 671 g/mol. The molecule has 0 amide bonds. The van der Waals surface area contributed by atoms with Crippen LogP contribution < -0.4 is 0 Å². The van der Waals surface area contributed by atoms with Gasteiger partial charge in [-0.1, -0.05) is 0 Å². The van der Waals surface area contributed by atoms with Crippen LogP contribution in [0.1, 0.15) is 77.5 Å². The van der Waals surface area contributed by atoms with E-state index in [-0.39, 0.29) is 5.41 Å². The van der Waals surface area contributed by atoms with Gasteiger partial charge < -0.3 is 0 Å². The first kappa shape index (κ1) is 26.8. The number of hydrogen-bond acceptors (Lipinski definition) is 0. The summed E-state index contributed by atoms with van der Waals surface area (Å²) in [6, 6.07) is 28.7. The average Bonchev–Trinajstić information content (AvgIpc) is 3.67. The maximum absolute atomic E-state index is 3.04. The number of fused-ring (bicyclic) bond motifs is 8. The van der Waals surface area contributed by atoms with Gasteiger partial charge >= 0.3 is 258 Å². The van der Waals surface area contributed by atoms with Crippen LogP contribution in [-0.2, 0) is 20.0 Å². The molecule has 0 radical (unpaired) electrons. The van der Waals surface area contributed by atoms with Gasteiger partial charge in [-0.2, -0.15) is 0 Å². The normalized spacial score (nSPS) is 22.3. The van der Waals surface area contributed by atoms with Gasteiger partial charge in [-0.05, 0) is 0 Å². The van der Waals surface area contributed by atoms with E-state index >= 15 is 0 Å². The molecule has 8 rings (SSSR count). The molecule has 4 aromatic rings. The van der Waals surface area contributed by atoms with Crippen molar-refractivity contribution < 1.29 is 20.0 Å². The van der Waals surface area contributed by atoms with Crippen LogP contribution in [0.3, 0.4) is 0 Å². The summed E-state index contributed by atoms with van der Waals surface area (Å²) < 4.78 is 6.91. The van der Waals surface area contributed by atoms with Gasteiger partial charge in [0.1, 0.15) is 0 Å². The molecule has 1 saturated carbocycles. The molecule has 1 heteroatoms. The Bertz CT molecular complexity index is 1690. The molecule has 2 atom stereocenters. The topological polar surface area (TPSA) is 0 Å². The van der Waals surface area contributed by atoms with Gasteiger partial charge in [0.05, 0.1) is 0 Å². The van der Waals surface area contributed by atoms with Crippen LogP contribution in [0.2, 0.25) is 9.36 Å². The zero-order chi connectivity index (χ0) is 29.0. The Balaban J connectivity index is 1.36. The van der Waals surface area contributed by atoms with Crippen molar-refractivity contribution in [1.29, 1.82) is 0 Å². The van der Waals surface area contributed by atoms with Crippen LogP contribution in [0.25, 0.3) is 34.4 Å². The first-order chi connectivity index (χ1) is 20.2. The van der Waals surface area contributed by atoms with E-state index in [1.807, 2.05) is 11.1 Å². The summed E-state index contributed by atoms with van der Waals surface area (Å²) in [6.45, 7) is 8.96. The second kappa shape index (κ2) is 9.36. The fraction of sp³-hybridized carbons (Fsp3) is 0.317. The molecule has 1 heterocycles. The summed E-state index contributed by atoms with van der Waals surface area (Å²) in [5.41, 5.74) is 21.3. The van der Waals surface area contributed by atoms with Crippen molar-refractivity contribution in [3.05, 3.63) is 128 Å². The van der Waals surface area contributed by atoms with Gasteiger partial charge in [-0.3, -0.25) is 0 Å². The van der Waals surface area contributed by atoms with Gasteiger partial charge in [0.25, 0.3) is 0 Å². The first-order valence-electron chi connectivity index (χ1n) is 16.0. The molecule has 0 aromatic heterocycles. The molecular formula is C41H42Hf. The van der Waals surface area contributed by atoms with Gasteiger partial charge in [-0.25, -0.2) is 0 Å². The number of benzene rings is 4. The second-order valence-corrected chi connectivity index (χ2v) is 31.8. The van der Waals surface area contributed by atoms with Crippen LogP contribution in [0.5, 0.6) is 0 Å². The van der Waals surface area contributed by atoms with Crippen molar-refractivity contribution in [2.24, 2.45) is 5.41 Å². The number of hydrogen-bond donors (Lipinski definition) is 0. The molecule has 3 aliphatic carbocycles. The number of allylic oxidation sites excluding steroid dienone is 2. The fourth-order valence-electron chi connectivity index (χ4n) is 9.89. The van der Waals surface area contributed by atoms with E-state index in [0.717, 1.165) is 0 Å². The second-order valence-electron chi connectivity index (χ2n) is 14.5. The quantitative estimate of drug-likeness (QED) is 0.182. The van der Waals surface area contributed by atoms with Crippen LogP contribution in [0.4, 0.5) is 0 Å². The van der Waals surface area contributed by atoms with E-state index in [1.54, 1.807) is 11.1 Å². The average molecular weight is 713 g/mol. The third-order valence-electron chi connectivity index (χ3n) is 11.2. The molecule has 2 fully saturated rings. The van der Waals surface area contributed by atoms with Crippen molar-refractivity contribution in [2.75, 3.05) is 0 Å². The first-order valence-corrected chi connectivity index (χ1v) is 27.4. The summed E-state index contributed by atoms with van der Waals surface area (Å²) in [5.74, 6) is 0. The molecule has 1 spiro atoms. The minimum atomic E-state index is -3.04. The Morgan fingerprint density at radius 2 is 0.976 bits per heavy atom. The van der Waals surface area contributed by atoms with Gasteiger partial charge in [0, 0.05) is 0 Å². The molecule has 1 saturated heterocycles. The van der Waals surface area contributed by atoms with Gasteiger partial charge in [0.2, 0.25) is 0 Å². The fourth-order valence-corrected chi connectivity index (χ4v) is 27.0. The van der Waals surface area contributed by atoms with Crippen molar-refractivity contribution in [2.45, 2.75) is 70.1 Å². The Morgan fingerprint density at radius 1 is 0.571 bits per heavy atom. The molecule has 1 aliphatic heterocycles. The Kier molecular flexibility index (Phi) is 5.98. The van der Waals surface area contributed by atoms with E-state index < -0.39 is 20.0 Å². The van der Waals surface area contributed by atoms with Gasteiger partial charge in [0.15, 0.2) is 0 Å². The number of aryl methyl sites for hydroxylation is 4. The van der Waals surface area contributed by atoms with Crippen LogP contribution in [-0.4, -0.2) is 0 Å². The molecule has 210 valence electrons. The molecule has 4 aromatic carbocycles. The Labute approximate surface area is 256 Å². The third kappa shape index (κ3) is 3.75. The van der Waals surface area contributed by atoms with E-state index in [9.17, 15) is 0 Å². The standard InChI is InChI=1S/C39H36.2CH3.Hf/c1-25-15-26(2)18-31(17-25)35-11-7-9-29-21-33(23-37(29)35)39(13-5-6-14-39)34-22-30-10-8-12-36(38(30)24-34)32-19-27(3)16-28(4)20-32;;;/h7-12,15-24H,5-6,13-14H2,1-4H3;2*1H3;. The SMILES string of the molecule is Cc1cc(C)cc(-c2cccc3c2C=C2[CH]3[Hf]([CH3])([CH3])[CH]3C(=Cc4c(-c5cc(C)cc(C)c5)cccc43)C23CCCC3)c1. The van der Waals surface area contributed by atoms with Crippen LogP contribution in [0.15, 0.2) is 83.9 Å². The summed E-state index contributed by atoms with van der Waals surface area (Å²) in [5, 5.41) is 0.